The number of amides is 1. The third kappa shape index (κ3) is 5.18. The molecule has 1 amide bonds. The Balaban J connectivity index is 1.28. The number of piperidine rings is 2. The molecule has 0 radical (unpaired) electrons. The first-order valence-electron chi connectivity index (χ1n) is 11.0. The Kier molecular flexibility index (Phi) is 5.90. The molecule has 3 heterocycles. The second kappa shape index (κ2) is 8.17. The molecule has 2 fully saturated rings. The molecule has 5 nitrogen and oxygen atoms in total. The van der Waals surface area contributed by atoms with Crippen molar-refractivity contribution in [3.63, 3.8) is 0 Å². The summed E-state index contributed by atoms with van der Waals surface area (Å²) in [5, 5.41) is 8.04. The molecular weight excluding hydrogens is 399 g/mol. The van der Waals surface area contributed by atoms with Gasteiger partial charge in [0.15, 0.2) is 0 Å². The van der Waals surface area contributed by atoms with E-state index in [2.05, 4.69) is 48.2 Å². The largest absolute Gasteiger partial charge is 0.352 e. The molecule has 0 aliphatic carbocycles. The van der Waals surface area contributed by atoms with E-state index in [0.29, 0.717) is 12.5 Å². The Bertz CT molecular complexity index is 901. The number of hydrogen-bond acceptors (Lipinski definition) is 5. The van der Waals surface area contributed by atoms with E-state index in [1.165, 1.54) is 12.1 Å². The lowest BCUT2D eigenvalue weighted by atomic mass is 9.79. The standard InChI is InChI=1S/C23H33FN4OS/c1-22(2)12-17(13-23(3,4)27-22)25-20(29)14-28-9-7-15(8-10-28)21-26-18-11-16(24)5-6-19(18)30-21/h5-6,11,15,17,27H,7-10,12-14H2,1-4H3,(H,25,29). The number of nitrogens with zero attached hydrogens (tertiary/aromatic N) is 2. The number of carbonyl (C=O) groups is 1. The number of aromatic nitrogens is 1. The lowest BCUT2D eigenvalue weighted by molar-refractivity contribution is -0.123. The highest BCUT2D eigenvalue weighted by molar-refractivity contribution is 7.18. The van der Waals surface area contributed by atoms with E-state index in [1.807, 2.05) is 6.07 Å². The normalized spacial score (nSPS) is 23.0. The van der Waals surface area contributed by atoms with Gasteiger partial charge in [0.25, 0.3) is 0 Å². The van der Waals surface area contributed by atoms with Crippen LogP contribution in [-0.4, -0.2) is 52.5 Å². The van der Waals surface area contributed by atoms with Crippen LogP contribution in [0.2, 0.25) is 0 Å². The Morgan fingerprint density at radius 3 is 2.57 bits per heavy atom. The van der Waals surface area contributed by atoms with Gasteiger partial charge < -0.3 is 10.6 Å². The van der Waals surface area contributed by atoms with Crippen LogP contribution in [0.1, 0.15) is 64.3 Å². The van der Waals surface area contributed by atoms with Gasteiger partial charge in [-0.3, -0.25) is 9.69 Å². The summed E-state index contributed by atoms with van der Waals surface area (Å²) in [5.74, 6) is 0.291. The number of nitrogens with one attached hydrogen (secondary N) is 2. The maximum Gasteiger partial charge on any atom is 0.234 e. The zero-order valence-electron chi connectivity index (χ0n) is 18.4. The number of halogens is 1. The molecule has 0 spiro atoms. The topological polar surface area (TPSA) is 57.3 Å². The number of carbonyl (C=O) groups excluding carboxylic acids is 1. The molecule has 2 N–H and O–H groups in total. The van der Waals surface area contributed by atoms with Gasteiger partial charge in [-0.1, -0.05) is 0 Å². The first-order chi connectivity index (χ1) is 14.1. The summed E-state index contributed by atoms with van der Waals surface area (Å²) in [6.07, 6.45) is 3.87. The van der Waals surface area contributed by atoms with E-state index in [0.717, 1.165) is 54.0 Å². The molecule has 0 unspecified atom stereocenters. The minimum absolute atomic E-state index is 0.0260. The van der Waals surface area contributed by atoms with Crippen molar-refractivity contribution in [3.8, 4) is 0 Å². The van der Waals surface area contributed by atoms with Crippen molar-refractivity contribution < 1.29 is 9.18 Å². The second-order valence-corrected chi connectivity index (χ2v) is 11.3. The van der Waals surface area contributed by atoms with Crippen molar-refractivity contribution in [1.82, 2.24) is 20.5 Å². The molecule has 1 aromatic heterocycles. The van der Waals surface area contributed by atoms with Gasteiger partial charge in [-0.05, 0) is 78.6 Å². The van der Waals surface area contributed by atoms with Crippen LogP contribution in [0.15, 0.2) is 18.2 Å². The van der Waals surface area contributed by atoms with Gasteiger partial charge >= 0.3 is 0 Å². The minimum Gasteiger partial charge on any atom is -0.352 e. The van der Waals surface area contributed by atoms with E-state index in [-0.39, 0.29) is 28.8 Å². The predicted octanol–water partition coefficient (Wildman–Crippen LogP) is 4.04. The molecule has 4 rings (SSSR count). The van der Waals surface area contributed by atoms with E-state index < -0.39 is 0 Å². The summed E-state index contributed by atoms with van der Waals surface area (Å²) < 4.78 is 14.5. The van der Waals surface area contributed by atoms with Gasteiger partial charge in [-0.25, -0.2) is 9.37 Å². The Morgan fingerprint density at radius 1 is 1.23 bits per heavy atom. The fraction of sp³-hybridized carbons (Fsp3) is 0.652. The average molecular weight is 433 g/mol. The lowest BCUT2D eigenvalue weighted by Gasteiger charge is -2.46. The fourth-order valence-electron chi connectivity index (χ4n) is 5.33. The number of thiazole rings is 1. The maximum absolute atomic E-state index is 13.4. The van der Waals surface area contributed by atoms with Crippen LogP contribution in [0.3, 0.4) is 0 Å². The number of likely N-dealkylation sites (tertiary alicyclic amines) is 1. The summed E-state index contributed by atoms with van der Waals surface area (Å²) in [5.41, 5.74) is 0.806. The monoisotopic (exact) mass is 432 g/mol. The first kappa shape index (κ1) is 21.7. The van der Waals surface area contributed by atoms with Gasteiger partial charge in [0, 0.05) is 29.1 Å². The van der Waals surface area contributed by atoms with Crippen LogP contribution in [0.25, 0.3) is 10.2 Å². The SMILES string of the molecule is CC1(C)CC(NC(=O)CN2CCC(c3nc4cc(F)ccc4s3)CC2)CC(C)(C)N1. The van der Waals surface area contributed by atoms with Gasteiger partial charge in [0.05, 0.1) is 21.8 Å². The molecule has 0 bridgehead atoms. The van der Waals surface area contributed by atoms with Crippen molar-refractivity contribution >= 4 is 27.5 Å². The highest BCUT2D eigenvalue weighted by Crippen LogP contribution is 2.34. The molecule has 2 aromatic rings. The summed E-state index contributed by atoms with van der Waals surface area (Å²) in [4.78, 5) is 19.6. The molecule has 2 saturated heterocycles. The van der Waals surface area contributed by atoms with Crippen LogP contribution < -0.4 is 10.6 Å². The van der Waals surface area contributed by atoms with Gasteiger partial charge in [-0.15, -0.1) is 11.3 Å². The first-order valence-corrected chi connectivity index (χ1v) is 11.8. The number of hydrogen-bond donors (Lipinski definition) is 2. The van der Waals surface area contributed by atoms with Crippen molar-refractivity contribution in [1.29, 1.82) is 0 Å². The van der Waals surface area contributed by atoms with Crippen molar-refractivity contribution in [2.45, 2.75) is 76.4 Å². The number of rotatable bonds is 4. The van der Waals surface area contributed by atoms with E-state index >= 15 is 0 Å². The van der Waals surface area contributed by atoms with Crippen molar-refractivity contribution in [2.24, 2.45) is 0 Å². The molecule has 0 saturated carbocycles. The van der Waals surface area contributed by atoms with E-state index in [9.17, 15) is 9.18 Å². The third-order valence-corrected chi connectivity index (χ3v) is 7.42. The molecule has 7 heteroatoms. The summed E-state index contributed by atoms with van der Waals surface area (Å²) in [7, 11) is 0. The van der Waals surface area contributed by atoms with E-state index in [4.69, 9.17) is 0 Å². The highest BCUT2D eigenvalue weighted by Gasteiger charge is 2.38. The third-order valence-electron chi connectivity index (χ3n) is 6.23. The minimum atomic E-state index is -0.235. The van der Waals surface area contributed by atoms with Crippen LogP contribution in [0.4, 0.5) is 4.39 Å². The number of fused-ring (bicyclic) bond motifs is 1. The highest BCUT2D eigenvalue weighted by atomic mass is 32.1. The molecule has 2 aliphatic rings. The summed E-state index contributed by atoms with van der Waals surface area (Å²) >= 11 is 1.67. The van der Waals surface area contributed by atoms with Gasteiger partial charge in [0.1, 0.15) is 5.82 Å². The van der Waals surface area contributed by atoms with Crippen LogP contribution in [-0.2, 0) is 4.79 Å². The average Bonchev–Trinajstić information content (AvgIpc) is 3.02. The molecule has 2 aliphatic heterocycles. The smallest absolute Gasteiger partial charge is 0.234 e. The van der Waals surface area contributed by atoms with Crippen molar-refractivity contribution in [2.75, 3.05) is 19.6 Å². The summed E-state index contributed by atoms with van der Waals surface area (Å²) in [6.45, 7) is 11.1. The lowest BCUT2D eigenvalue weighted by Crippen LogP contribution is -2.62. The molecule has 30 heavy (non-hydrogen) atoms. The predicted molar refractivity (Wildman–Crippen MR) is 120 cm³/mol. The molecule has 1 aromatic carbocycles. The molecule has 0 atom stereocenters. The Morgan fingerprint density at radius 2 is 1.90 bits per heavy atom. The zero-order valence-corrected chi connectivity index (χ0v) is 19.2. The quantitative estimate of drug-likeness (QED) is 0.766. The molecular formula is C23H33FN4OS. The maximum atomic E-state index is 13.4. The van der Waals surface area contributed by atoms with Crippen LogP contribution in [0.5, 0.6) is 0 Å². The van der Waals surface area contributed by atoms with E-state index in [1.54, 1.807) is 11.3 Å². The molecule has 164 valence electrons. The Labute approximate surface area is 182 Å². The van der Waals surface area contributed by atoms with Crippen LogP contribution in [0, 0.1) is 5.82 Å². The fourth-order valence-corrected chi connectivity index (χ4v) is 6.45. The van der Waals surface area contributed by atoms with Gasteiger partial charge in [0.2, 0.25) is 5.91 Å². The summed E-state index contributed by atoms with van der Waals surface area (Å²) in [6, 6.07) is 5.03. The van der Waals surface area contributed by atoms with Crippen LogP contribution >= 0.6 is 11.3 Å². The van der Waals surface area contributed by atoms with Gasteiger partial charge in [-0.2, -0.15) is 0 Å². The Hall–Kier alpha value is -1.57. The van der Waals surface area contributed by atoms with Crippen molar-refractivity contribution in [3.05, 3.63) is 29.0 Å². The zero-order chi connectivity index (χ0) is 21.5. The second-order valence-electron chi connectivity index (χ2n) is 10.3. The number of benzene rings is 1.